The fourth-order valence-corrected chi connectivity index (χ4v) is 6.45. The second-order valence-electron chi connectivity index (χ2n) is 13.1. The molecule has 0 radical (unpaired) electrons. The molecule has 5 rings (SSSR count). The lowest BCUT2D eigenvalue weighted by Crippen LogP contribution is -2.49. The minimum Gasteiger partial charge on any atom is -0.493 e. The Labute approximate surface area is 300 Å². The molecule has 280 valence electrons. The van der Waals surface area contributed by atoms with Gasteiger partial charge in [0.15, 0.2) is 27.0 Å². The normalized spacial score (nSPS) is 13.7. The molecule has 1 aliphatic heterocycles. The number of piperazine rings is 1. The van der Waals surface area contributed by atoms with Gasteiger partial charge in [0.2, 0.25) is 0 Å². The Morgan fingerprint density at radius 2 is 1.73 bits per heavy atom. The average Bonchev–Trinajstić information content (AvgIpc) is 3.41. The third kappa shape index (κ3) is 8.63. The Morgan fingerprint density at radius 3 is 2.35 bits per heavy atom. The first-order valence-electron chi connectivity index (χ1n) is 16.5. The standard InChI is InChI=1S/C35H42F2N6O8S/c1-8-49-33(44)41-16-14-40(15-17-41)28-20-29(42(34(45)51-35(3,4)5)21-23-10-9-11-25(18-23)52(7,46)47)43-31(38-28)30(22(2)39-43)24-12-13-26(48-6)27(19-24)50-32(36)37/h9-13,18-20,32H,8,14-17,21H2,1-7H3. The molecule has 0 spiro atoms. The van der Waals surface area contributed by atoms with Crippen LogP contribution < -0.4 is 19.3 Å². The van der Waals surface area contributed by atoms with Crippen LogP contribution in [-0.2, 0) is 25.9 Å². The maximum absolute atomic E-state index is 14.1. The maximum Gasteiger partial charge on any atom is 0.416 e. The van der Waals surface area contributed by atoms with E-state index in [0.29, 0.717) is 54.4 Å². The Bertz CT molecular complexity index is 2060. The second kappa shape index (κ2) is 15.2. The van der Waals surface area contributed by atoms with E-state index < -0.39 is 34.2 Å². The largest absolute Gasteiger partial charge is 0.493 e. The van der Waals surface area contributed by atoms with Gasteiger partial charge in [-0.05, 0) is 70.0 Å². The van der Waals surface area contributed by atoms with Crippen LogP contribution >= 0.6 is 0 Å². The third-order valence-corrected chi connectivity index (χ3v) is 9.20. The lowest BCUT2D eigenvalue weighted by atomic mass is 10.1. The van der Waals surface area contributed by atoms with Gasteiger partial charge in [0.1, 0.15) is 17.2 Å². The van der Waals surface area contributed by atoms with Gasteiger partial charge in [-0.2, -0.15) is 18.4 Å². The van der Waals surface area contributed by atoms with Crippen LogP contribution in [0.3, 0.4) is 0 Å². The van der Waals surface area contributed by atoms with E-state index in [0.717, 1.165) is 6.26 Å². The molecule has 1 aliphatic rings. The smallest absolute Gasteiger partial charge is 0.416 e. The molecule has 0 atom stereocenters. The van der Waals surface area contributed by atoms with Crippen molar-refractivity contribution in [2.45, 2.75) is 58.3 Å². The minimum atomic E-state index is -3.57. The van der Waals surface area contributed by atoms with Gasteiger partial charge >= 0.3 is 18.8 Å². The number of benzene rings is 2. The summed E-state index contributed by atoms with van der Waals surface area (Å²) < 4.78 is 74.2. The number of hydrogen-bond acceptors (Lipinski definition) is 11. The van der Waals surface area contributed by atoms with Crippen molar-refractivity contribution in [3.8, 4) is 22.6 Å². The van der Waals surface area contributed by atoms with Crippen molar-refractivity contribution in [1.82, 2.24) is 19.5 Å². The molecule has 4 aromatic rings. The van der Waals surface area contributed by atoms with E-state index in [1.165, 1.54) is 40.8 Å². The van der Waals surface area contributed by atoms with E-state index in [1.54, 1.807) is 63.8 Å². The van der Waals surface area contributed by atoms with Crippen LogP contribution in [-0.4, -0.2) is 98.5 Å². The molecular weight excluding hydrogens is 702 g/mol. The molecule has 0 saturated carbocycles. The van der Waals surface area contributed by atoms with Crippen LogP contribution in [0.1, 0.15) is 39.0 Å². The molecule has 1 fully saturated rings. The number of nitrogens with zero attached hydrogens (tertiary/aromatic N) is 6. The van der Waals surface area contributed by atoms with E-state index in [9.17, 15) is 26.8 Å². The Morgan fingerprint density at radius 1 is 1.02 bits per heavy atom. The third-order valence-electron chi connectivity index (χ3n) is 8.09. The minimum absolute atomic E-state index is 0.0766. The predicted molar refractivity (Wildman–Crippen MR) is 189 cm³/mol. The lowest BCUT2D eigenvalue weighted by molar-refractivity contribution is -0.0511. The molecule has 52 heavy (non-hydrogen) atoms. The van der Waals surface area contributed by atoms with Gasteiger partial charge in [0.25, 0.3) is 0 Å². The highest BCUT2D eigenvalue weighted by Gasteiger charge is 2.31. The highest BCUT2D eigenvalue weighted by molar-refractivity contribution is 7.90. The van der Waals surface area contributed by atoms with Gasteiger partial charge in [-0.1, -0.05) is 18.2 Å². The summed E-state index contributed by atoms with van der Waals surface area (Å²) >= 11 is 0. The molecule has 1 saturated heterocycles. The molecule has 0 N–H and O–H groups in total. The molecule has 17 heteroatoms. The molecule has 2 aromatic carbocycles. The summed E-state index contributed by atoms with van der Waals surface area (Å²) in [5.74, 6) is 0.572. The van der Waals surface area contributed by atoms with Gasteiger partial charge in [-0.15, -0.1) is 0 Å². The fraction of sp³-hybridized carbons (Fsp3) is 0.429. The van der Waals surface area contributed by atoms with Crippen LogP contribution in [0.4, 0.5) is 30.0 Å². The zero-order valence-corrected chi connectivity index (χ0v) is 30.9. The van der Waals surface area contributed by atoms with Crippen molar-refractivity contribution >= 4 is 39.3 Å². The highest BCUT2D eigenvalue weighted by atomic mass is 32.2. The van der Waals surface area contributed by atoms with E-state index >= 15 is 0 Å². The summed E-state index contributed by atoms with van der Waals surface area (Å²) in [6, 6.07) is 12.5. The highest BCUT2D eigenvalue weighted by Crippen LogP contribution is 2.38. The van der Waals surface area contributed by atoms with Crippen molar-refractivity contribution < 1.29 is 45.7 Å². The molecule has 2 aromatic heterocycles. The number of alkyl halides is 2. The zero-order valence-electron chi connectivity index (χ0n) is 30.1. The van der Waals surface area contributed by atoms with Crippen LogP contribution in [0.5, 0.6) is 11.5 Å². The van der Waals surface area contributed by atoms with Crippen LogP contribution in [0.25, 0.3) is 16.8 Å². The average molecular weight is 745 g/mol. The quantitative estimate of drug-likeness (QED) is 0.190. The van der Waals surface area contributed by atoms with E-state index in [2.05, 4.69) is 0 Å². The molecule has 14 nitrogen and oxygen atoms in total. The maximum atomic E-state index is 14.1. The summed E-state index contributed by atoms with van der Waals surface area (Å²) in [6.45, 7) is 7.08. The Balaban J connectivity index is 1.72. The van der Waals surface area contributed by atoms with Gasteiger partial charge in [-0.3, -0.25) is 4.90 Å². The summed E-state index contributed by atoms with van der Waals surface area (Å²) in [5, 5.41) is 4.76. The number of aromatic nitrogens is 3. The first kappa shape index (κ1) is 38.1. The monoisotopic (exact) mass is 744 g/mol. The first-order chi connectivity index (χ1) is 24.5. The number of amides is 2. The molecule has 0 aliphatic carbocycles. The summed E-state index contributed by atoms with van der Waals surface area (Å²) in [5.41, 5.74) is 1.24. The molecule has 0 bridgehead atoms. The lowest BCUT2D eigenvalue weighted by Gasteiger charge is -2.35. The number of methoxy groups -OCH3 is 1. The SMILES string of the molecule is CCOC(=O)N1CCN(c2cc(N(Cc3cccc(S(C)(=O)=O)c3)C(=O)OC(C)(C)C)n3nc(C)c(-c4ccc(OC)c(OC(F)F)c4)c3n2)CC1. The number of carbonyl (C=O) groups is 2. The molecule has 0 unspecified atom stereocenters. The van der Waals surface area contributed by atoms with Crippen molar-refractivity contribution in [2.75, 3.05) is 56.0 Å². The van der Waals surface area contributed by atoms with Crippen molar-refractivity contribution in [3.05, 3.63) is 59.8 Å². The van der Waals surface area contributed by atoms with Crippen molar-refractivity contribution in [1.29, 1.82) is 0 Å². The van der Waals surface area contributed by atoms with Crippen LogP contribution in [0, 0.1) is 6.92 Å². The van der Waals surface area contributed by atoms with Gasteiger partial charge in [0, 0.05) is 44.1 Å². The fourth-order valence-electron chi connectivity index (χ4n) is 5.75. The second-order valence-corrected chi connectivity index (χ2v) is 15.1. The van der Waals surface area contributed by atoms with Crippen LogP contribution in [0.15, 0.2) is 53.4 Å². The topological polar surface area (TPSA) is 145 Å². The number of rotatable bonds is 10. The van der Waals surface area contributed by atoms with Gasteiger partial charge in [0.05, 0.1) is 30.9 Å². The molecule has 3 heterocycles. The number of ether oxygens (including phenoxy) is 4. The Hall–Kier alpha value is -5.19. The van der Waals surface area contributed by atoms with Gasteiger partial charge in [-0.25, -0.2) is 23.0 Å². The van der Waals surface area contributed by atoms with E-state index in [-0.39, 0.29) is 41.0 Å². The van der Waals surface area contributed by atoms with Gasteiger partial charge < -0.3 is 28.7 Å². The number of hydrogen-bond donors (Lipinski definition) is 0. The molecular formula is C35H42F2N6O8S. The number of carbonyl (C=O) groups excluding carboxylic acids is 2. The summed E-state index contributed by atoms with van der Waals surface area (Å²) in [6.07, 6.45) is -0.0633. The predicted octanol–water partition coefficient (Wildman–Crippen LogP) is 5.94. The van der Waals surface area contributed by atoms with Crippen molar-refractivity contribution in [3.63, 3.8) is 0 Å². The zero-order chi connectivity index (χ0) is 38.0. The summed E-state index contributed by atoms with van der Waals surface area (Å²) in [7, 11) is -2.23. The Kier molecular flexibility index (Phi) is 11.1. The number of fused-ring (bicyclic) bond motifs is 1. The van der Waals surface area contributed by atoms with E-state index in [4.69, 9.17) is 29.0 Å². The van der Waals surface area contributed by atoms with E-state index in [1.807, 2.05) is 4.90 Å². The first-order valence-corrected chi connectivity index (χ1v) is 18.4. The van der Waals surface area contributed by atoms with Crippen molar-refractivity contribution in [2.24, 2.45) is 0 Å². The van der Waals surface area contributed by atoms with Crippen LogP contribution in [0.2, 0.25) is 0 Å². The number of halogens is 2. The summed E-state index contributed by atoms with van der Waals surface area (Å²) in [4.78, 5) is 36.5. The number of sulfone groups is 1. The number of aryl methyl sites for hydroxylation is 1. The number of anilines is 2. The molecule has 2 amide bonds.